The van der Waals surface area contributed by atoms with Crippen molar-refractivity contribution in [2.75, 3.05) is 11.9 Å². The molecule has 4 heteroatoms. The molecule has 19 heavy (non-hydrogen) atoms. The Morgan fingerprint density at radius 3 is 2.53 bits per heavy atom. The van der Waals surface area contributed by atoms with Gasteiger partial charge in [0, 0.05) is 12.6 Å². The Labute approximate surface area is 124 Å². The Balaban J connectivity index is 1.73. The smallest absolute Gasteiger partial charge is 0.0721 e. The monoisotopic (exact) mass is 299 g/mol. The van der Waals surface area contributed by atoms with E-state index in [9.17, 15) is 0 Å². The minimum atomic E-state index is 0.115. The van der Waals surface area contributed by atoms with E-state index in [-0.39, 0.29) is 5.60 Å². The van der Waals surface area contributed by atoms with Crippen LogP contribution < -0.4 is 5.32 Å². The summed E-state index contributed by atoms with van der Waals surface area (Å²) in [5, 5.41) is 4.91. The summed E-state index contributed by atoms with van der Waals surface area (Å²) in [5.74, 6) is 0. The third-order valence-corrected chi connectivity index (χ3v) is 4.95. The topological polar surface area (TPSA) is 21.3 Å². The Bertz CT molecular complexity index is 437. The van der Waals surface area contributed by atoms with Crippen molar-refractivity contribution in [3.8, 4) is 0 Å². The molecule has 1 heterocycles. The fourth-order valence-electron chi connectivity index (χ4n) is 3.36. The molecule has 1 spiro atoms. The van der Waals surface area contributed by atoms with E-state index in [1.165, 1.54) is 25.7 Å². The van der Waals surface area contributed by atoms with Gasteiger partial charge >= 0.3 is 0 Å². The second-order valence-corrected chi connectivity index (χ2v) is 6.48. The highest BCUT2D eigenvalue weighted by Crippen LogP contribution is 2.41. The van der Waals surface area contributed by atoms with Gasteiger partial charge in [-0.25, -0.2) is 0 Å². The highest BCUT2D eigenvalue weighted by molar-refractivity contribution is 6.39. The van der Waals surface area contributed by atoms with Gasteiger partial charge in [0.15, 0.2) is 0 Å². The molecule has 1 saturated carbocycles. The third kappa shape index (κ3) is 2.86. The summed E-state index contributed by atoms with van der Waals surface area (Å²) >= 11 is 12.4. The minimum Gasteiger partial charge on any atom is -0.380 e. The van der Waals surface area contributed by atoms with Crippen LogP contribution >= 0.6 is 23.2 Å². The van der Waals surface area contributed by atoms with Crippen LogP contribution in [0.25, 0.3) is 0 Å². The number of ether oxygens (including phenoxy) is 1. The van der Waals surface area contributed by atoms with Crippen molar-refractivity contribution in [1.82, 2.24) is 0 Å². The summed E-state index contributed by atoms with van der Waals surface area (Å²) in [4.78, 5) is 0. The van der Waals surface area contributed by atoms with Crippen LogP contribution in [-0.2, 0) is 4.74 Å². The molecular weight excluding hydrogens is 281 g/mol. The lowest BCUT2D eigenvalue weighted by atomic mass is 9.89. The molecule has 2 fully saturated rings. The van der Waals surface area contributed by atoms with Gasteiger partial charge < -0.3 is 10.1 Å². The summed E-state index contributed by atoms with van der Waals surface area (Å²) in [6, 6.07) is 6.03. The SMILES string of the molecule is Clc1cccc(Cl)c1NC1CCOC2(CCCC2)C1. The highest BCUT2D eigenvalue weighted by atomic mass is 35.5. The lowest BCUT2D eigenvalue weighted by molar-refractivity contribution is -0.0767. The molecule has 0 radical (unpaired) electrons. The summed E-state index contributed by atoms with van der Waals surface area (Å²) in [7, 11) is 0. The van der Waals surface area contributed by atoms with Crippen LogP contribution in [0, 0.1) is 0 Å². The maximum Gasteiger partial charge on any atom is 0.0721 e. The number of rotatable bonds is 2. The number of nitrogens with one attached hydrogen (secondary N) is 1. The number of hydrogen-bond acceptors (Lipinski definition) is 2. The zero-order valence-electron chi connectivity index (χ0n) is 10.9. The van der Waals surface area contributed by atoms with Crippen molar-refractivity contribution in [2.45, 2.75) is 50.2 Å². The van der Waals surface area contributed by atoms with Crippen molar-refractivity contribution in [3.63, 3.8) is 0 Å². The molecule has 1 aromatic carbocycles. The summed E-state index contributed by atoms with van der Waals surface area (Å²) in [6.07, 6.45) is 7.06. The molecule has 0 bridgehead atoms. The van der Waals surface area contributed by atoms with E-state index in [2.05, 4.69) is 5.32 Å². The van der Waals surface area contributed by atoms with Crippen molar-refractivity contribution < 1.29 is 4.74 Å². The molecule has 1 unspecified atom stereocenters. The largest absolute Gasteiger partial charge is 0.380 e. The van der Waals surface area contributed by atoms with Crippen LogP contribution in [0.4, 0.5) is 5.69 Å². The first-order valence-corrected chi connectivity index (χ1v) is 7.79. The quantitative estimate of drug-likeness (QED) is 0.839. The van der Waals surface area contributed by atoms with E-state index in [0.717, 1.165) is 25.1 Å². The van der Waals surface area contributed by atoms with Crippen LogP contribution in [0.1, 0.15) is 38.5 Å². The maximum atomic E-state index is 6.22. The molecule has 1 aliphatic heterocycles. The van der Waals surface area contributed by atoms with E-state index >= 15 is 0 Å². The Kier molecular flexibility index (Phi) is 3.93. The van der Waals surface area contributed by atoms with Crippen LogP contribution in [0.15, 0.2) is 18.2 Å². The van der Waals surface area contributed by atoms with E-state index in [4.69, 9.17) is 27.9 Å². The van der Waals surface area contributed by atoms with Gasteiger partial charge in [-0.1, -0.05) is 42.1 Å². The second-order valence-electron chi connectivity index (χ2n) is 5.67. The molecular formula is C15H19Cl2NO. The first-order chi connectivity index (χ1) is 9.19. The average Bonchev–Trinajstić information content (AvgIpc) is 2.82. The van der Waals surface area contributed by atoms with Gasteiger partial charge in [-0.2, -0.15) is 0 Å². The molecule has 1 aromatic rings. The van der Waals surface area contributed by atoms with Crippen molar-refractivity contribution >= 4 is 28.9 Å². The lowest BCUT2D eigenvalue weighted by Crippen LogP contribution is -2.42. The minimum absolute atomic E-state index is 0.115. The predicted molar refractivity (Wildman–Crippen MR) is 80.3 cm³/mol. The average molecular weight is 300 g/mol. The number of benzene rings is 1. The summed E-state index contributed by atoms with van der Waals surface area (Å²) in [5.41, 5.74) is 0.981. The normalized spacial score (nSPS) is 25.7. The lowest BCUT2D eigenvalue weighted by Gasteiger charge is -2.39. The highest BCUT2D eigenvalue weighted by Gasteiger charge is 2.40. The maximum absolute atomic E-state index is 6.22. The van der Waals surface area contributed by atoms with Crippen molar-refractivity contribution in [1.29, 1.82) is 0 Å². The number of anilines is 1. The Hall–Kier alpha value is -0.440. The van der Waals surface area contributed by atoms with Crippen LogP contribution in [-0.4, -0.2) is 18.2 Å². The first kappa shape index (κ1) is 13.5. The zero-order valence-corrected chi connectivity index (χ0v) is 12.4. The first-order valence-electron chi connectivity index (χ1n) is 7.03. The molecule has 1 aliphatic carbocycles. The molecule has 104 valence electrons. The van der Waals surface area contributed by atoms with E-state index < -0.39 is 0 Å². The van der Waals surface area contributed by atoms with Crippen LogP contribution in [0.3, 0.4) is 0 Å². The third-order valence-electron chi connectivity index (χ3n) is 4.32. The molecule has 1 saturated heterocycles. The summed E-state index contributed by atoms with van der Waals surface area (Å²) in [6.45, 7) is 0.833. The van der Waals surface area contributed by atoms with E-state index in [1.54, 1.807) is 0 Å². The Morgan fingerprint density at radius 2 is 1.84 bits per heavy atom. The van der Waals surface area contributed by atoms with E-state index in [0.29, 0.717) is 16.1 Å². The number of hydrogen-bond donors (Lipinski definition) is 1. The van der Waals surface area contributed by atoms with Crippen molar-refractivity contribution in [2.24, 2.45) is 0 Å². The van der Waals surface area contributed by atoms with E-state index in [1.807, 2.05) is 18.2 Å². The van der Waals surface area contributed by atoms with Crippen LogP contribution in [0.2, 0.25) is 10.0 Å². The zero-order chi connectivity index (χ0) is 13.3. The summed E-state index contributed by atoms with van der Waals surface area (Å²) < 4.78 is 6.05. The second kappa shape index (κ2) is 5.51. The standard InChI is InChI=1S/C15H19Cl2NO/c16-12-4-3-5-13(17)14(12)18-11-6-9-19-15(10-11)7-1-2-8-15/h3-5,11,18H,1-2,6-10H2. The Morgan fingerprint density at radius 1 is 1.16 bits per heavy atom. The number of para-hydroxylation sites is 1. The van der Waals surface area contributed by atoms with Gasteiger partial charge in [-0.3, -0.25) is 0 Å². The molecule has 1 N–H and O–H groups in total. The van der Waals surface area contributed by atoms with Gasteiger partial charge in [0.25, 0.3) is 0 Å². The van der Waals surface area contributed by atoms with Gasteiger partial charge in [0.05, 0.1) is 21.3 Å². The molecule has 2 nitrogen and oxygen atoms in total. The number of halogens is 2. The molecule has 1 atom stereocenters. The fourth-order valence-corrected chi connectivity index (χ4v) is 3.87. The van der Waals surface area contributed by atoms with Gasteiger partial charge in [-0.15, -0.1) is 0 Å². The molecule has 3 rings (SSSR count). The molecule has 0 aromatic heterocycles. The van der Waals surface area contributed by atoms with Gasteiger partial charge in [0.2, 0.25) is 0 Å². The fraction of sp³-hybridized carbons (Fsp3) is 0.600. The van der Waals surface area contributed by atoms with Crippen molar-refractivity contribution in [3.05, 3.63) is 28.2 Å². The molecule has 2 aliphatic rings. The van der Waals surface area contributed by atoms with Gasteiger partial charge in [-0.05, 0) is 37.8 Å². The molecule has 0 amide bonds. The predicted octanol–water partition coefficient (Wildman–Crippen LogP) is 4.90. The van der Waals surface area contributed by atoms with Gasteiger partial charge in [0.1, 0.15) is 0 Å². The van der Waals surface area contributed by atoms with Crippen LogP contribution in [0.5, 0.6) is 0 Å².